The molecular weight excluding hydrogens is 1800 g/mol. The number of fused-ring (bicyclic) bond motifs is 10. The number of Topliss-reactive ketones (excluding diaryl/α,β-unsaturated/α-hetero) is 1. The third-order valence-corrected chi connectivity index (χ3v) is 19.7. The molecule has 20 rings (SSSR count). The summed E-state index contributed by atoms with van der Waals surface area (Å²) >= 11 is 20.7. The van der Waals surface area contributed by atoms with Crippen LogP contribution < -0.4 is 21.7 Å². The van der Waals surface area contributed by atoms with Crippen LogP contribution in [0, 0.1) is 36.0 Å². The molecule has 36 heteroatoms. The SMILES string of the molecule is CC(=O)c1ccc2ncc(Cc3cc4cccnc4cc3F)n2n1.CCO/N=C(\C)c1ccc2ncc(Cc3cc4cccnc4cc3F)n2n1.COc1cc2cccnc2cc1F.Clc1ccc2ncc(Br)n2n1.Fc1cc2ncccc2cc1Cc1cnc2ccc(Cl)nn12.OC(c1cc2cccnc2cc1F)c1cnc2ccc(Cl)nn12.[Br-].[CH2-]C.[Mg+2]. The molecule has 0 saturated heterocycles. The number of ether oxygens (including phenoxy) is 1. The number of oxime groups is 1. The molecule has 15 heterocycles. The monoisotopic (exact) mass is 1860 g/mol. The minimum absolute atomic E-state index is 0. The first-order valence-electron chi connectivity index (χ1n) is 37.3. The van der Waals surface area contributed by atoms with Gasteiger partial charge in [0.2, 0.25) is 0 Å². The fourth-order valence-corrected chi connectivity index (χ4v) is 13.5. The third-order valence-electron chi connectivity index (χ3n) is 18.6. The van der Waals surface area contributed by atoms with Gasteiger partial charge in [-0.05, 0) is 168 Å². The minimum Gasteiger partial charge on any atom is -1.00 e. The molecule has 0 saturated carbocycles. The summed E-state index contributed by atoms with van der Waals surface area (Å²) in [6.45, 7) is 10.7. The van der Waals surface area contributed by atoms with Crippen molar-refractivity contribution >= 4 is 168 Å². The number of imidazole rings is 5. The Morgan fingerprint density at radius 3 is 1.23 bits per heavy atom. The van der Waals surface area contributed by atoms with Crippen molar-refractivity contribution in [1.29, 1.82) is 0 Å². The molecule has 0 bridgehead atoms. The number of aliphatic hydroxyl groups is 1. The number of pyridine rings is 5. The summed E-state index contributed by atoms with van der Waals surface area (Å²) in [6.07, 6.45) is 16.2. The van der Waals surface area contributed by atoms with Crippen LogP contribution in [0.2, 0.25) is 15.5 Å². The molecule has 1 atom stereocenters. The van der Waals surface area contributed by atoms with Crippen LogP contribution in [0.1, 0.15) is 95.0 Å². The Morgan fingerprint density at radius 2 is 0.790 bits per heavy atom. The maximum Gasteiger partial charge on any atom is 2.00 e. The molecule has 0 radical (unpaired) electrons. The number of aliphatic hydroxyl groups excluding tert-OH is 1. The van der Waals surface area contributed by atoms with E-state index in [1.807, 2.05) is 86.6 Å². The molecule has 15 aromatic heterocycles. The summed E-state index contributed by atoms with van der Waals surface area (Å²) in [7, 11) is 1.45. The van der Waals surface area contributed by atoms with Gasteiger partial charge in [-0.25, -0.2) is 69.4 Å². The molecule has 0 aliphatic heterocycles. The van der Waals surface area contributed by atoms with Crippen molar-refractivity contribution < 1.29 is 58.4 Å². The number of rotatable bonds is 13. The Bertz CT molecular complexity index is 7280. The van der Waals surface area contributed by atoms with Crippen molar-refractivity contribution in [2.75, 3.05) is 13.7 Å². The van der Waals surface area contributed by atoms with Crippen LogP contribution in [-0.2, 0) is 24.1 Å². The van der Waals surface area contributed by atoms with Gasteiger partial charge >= 0.3 is 23.1 Å². The Balaban J connectivity index is 0.000000137. The first kappa shape index (κ1) is 90.6. The molecule has 5 aromatic carbocycles. The molecule has 620 valence electrons. The predicted octanol–water partition coefficient (Wildman–Crippen LogP) is 15.8. The van der Waals surface area contributed by atoms with Gasteiger partial charge in [0.05, 0.1) is 88.5 Å². The maximum absolute atomic E-state index is 14.5. The van der Waals surface area contributed by atoms with E-state index in [9.17, 15) is 31.9 Å². The average molecular weight is 1870 g/mol. The largest absolute Gasteiger partial charge is 2.00 e. The smallest absolute Gasteiger partial charge is 1.00 e. The van der Waals surface area contributed by atoms with Crippen molar-refractivity contribution in [3.8, 4) is 5.75 Å². The van der Waals surface area contributed by atoms with Gasteiger partial charge in [-0.2, -0.15) is 32.4 Å². The summed E-state index contributed by atoms with van der Waals surface area (Å²) in [5.74, 6) is -1.70. The second-order valence-electron chi connectivity index (χ2n) is 26.5. The van der Waals surface area contributed by atoms with Gasteiger partial charge in [0.1, 0.15) is 73.1 Å². The standard InChI is InChI=1S/C20H18FN5O.C18H13FN4O.C16H10ClFN4O.C16H10ClFN4.C10H8FNO.C6H3BrClN3.C2H5.BrH.Mg/c1-3-27-25-13(2)18-6-7-20-23-12-16(26(20)24-18)10-15-9-14-5-4-8-22-19(14)11-17(15)21;1-11(24)16-4-5-18-21-10-14(23(18)22-16)8-13-7-12-3-2-6-20-17(12)9-15(13)19;17-14-3-4-15-20-8-13(22(15)21-14)16(23)10-6-9-2-1-5-19-12(9)7-11(10)18;17-15-3-4-16-20-9-12(22(16)21-15)7-11-6-10-2-1-5-19-14(10)8-13(11)18;1-13-10-5-7-3-2-4-12-9(7)6-8(10)11;7-4-3-9-6-2-1-5(8)10-11(4)6;1-2;;/h4-9,11-12H,3,10H2,1-2H3;2-7,9-10H,8H2,1H3;1-8,16,23H;1-6,8-9H,7H2;2-6H,1H3;1-3H;1H2,2H3;1H;/q;;;;;;-1;;+2/p-1/b25-13+;;;;;;;;. The van der Waals surface area contributed by atoms with E-state index < -0.39 is 11.9 Å². The van der Waals surface area contributed by atoms with E-state index in [1.165, 1.54) is 55.1 Å². The second-order valence-corrected chi connectivity index (χ2v) is 28.5. The summed E-state index contributed by atoms with van der Waals surface area (Å²) < 4.78 is 84.3. The van der Waals surface area contributed by atoms with Crippen molar-refractivity contribution in [3.63, 3.8) is 0 Å². The first-order valence-corrected chi connectivity index (χ1v) is 39.2. The predicted molar refractivity (Wildman–Crippen MR) is 466 cm³/mol. The number of hydrogen-bond donors (Lipinski definition) is 1. The van der Waals surface area contributed by atoms with Crippen molar-refractivity contribution in [2.24, 2.45) is 5.16 Å². The molecule has 0 amide bonds. The third kappa shape index (κ3) is 21.2. The fraction of sp³-hybridized carbons (Fsp3) is 0.114. The summed E-state index contributed by atoms with van der Waals surface area (Å²) in [5, 5.41) is 41.2. The van der Waals surface area contributed by atoms with Crippen molar-refractivity contribution in [3.05, 3.63) is 356 Å². The van der Waals surface area contributed by atoms with E-state index in [-0.39, 0.29) is 85.6 Å². The molecule has 0 spiro atoms. The van der Waals surface area contributed by atoms with Gasteiger partial charge in [0.25, 0.3) is 0 Å². The molecule has 20 aromatic rings. The van der Waals surface area contributed by atoms with E-state index in [0.29, 0.717) is 126 Å². The van der Waals surface area contributed by atoms with Gasteiger partial charge in [-0.3, -0.25) is 29.7 Å². The Morgan fingerprint density at radius 1 is 0.444 bits per heavy atom. The topological polar surface area (TPSA) is 284 Å². The number of carbonyl (C=O) groups is 1. The number of methoxy groups -OCH3 is 1. The van der Waals surface area contributed by atoms with Crippen LogP contribution in [0.15, 0.2) is 254 Å². The van der Waals surface area contributed by atoms with Crippen LogP contribution in [-0.4, -0.2) is 151 Å². The normalized spacial score (nSPS) is 11.3. The van der Waals surface area contributed by atoms with E-state index in [4.69, 9.17) is 44.4 Å². The second kappa shape index (κ2) is 41.5. The summed E-state index contributed by atoms with van der Waals surface area (Å²) in [6, 6.07) is 51.4. The fourth-order valence-electron chi connectivity index (χ4n) is 12.7. The molecule has 1 unspecified atom stereocenters. The molecule has 0 aliphatic carbocycles. The molecule has 1 N–H and O–H groups in total. The van der Waals surface area contributed by atoms with Crippen molar-refractivity contribution in [2.45, 2.75) is 53.1 Å². The van der Waals surface area contributed by atoms with Gasteiger partial charge in [-0.1, -0.05) is 70.3 Å². The van der Waals surface area contributed by atoms with Crippen LogP contribution in [0.4, 0.5) is 22.0 Å². The molecule has 25 nitrogen and oxygen atoms in total. The number of halogens is 10. The number of aromatic nitrogens is 20. The van der Waals surface area contributed by atoms with E-state index in [1.54, 1.807) is 160 Å². The van der Waals surface area contributed by atoms with Crippen LogP contribution in [0.25, 0.3) is 82.8 Å². The van der Waals surface area contributed by atoms with Crippen molar-refractivity contribution in [1.82, 2.24) is 97.9 Å². The molecule has 0 fully saturated rings. The Kier molecular flexibility index (Phi) is 30.3. The maximum atomic E-state index is 14.5. The minimum atomic E-state index is -1.22. The Labute approximate surface area is 752 Å². The van der Waals surface area contributed by atoms with Gasteiger partial charge in [-0.15, -0.1) is 0 Å². The van der Waals surface area contributed by atoms with E-state index in [2.05, 4.69) is 103 Å². The quantitative estimate of drug-likeness (QED) is 0.0280. The number of hydrogen-bond acceptors (Lipinski definition) is 20. The van der Waals surface area contributed by atoms with Gasteiger partial charge in [0.15, 0.2) is 45.6 Å². The number of nitrogens with zero attached hydrogens (tertiary/aromatic N) is 21. The van der Waals surface area contributed by atoms with E-state index in [0.717, 1.165) is 54.3 Å². The van der Waals surface area contributed by atoms with Crippen LogP contribution >= 0.6 is 50.7 Å². The number of benzene rings is 5. The van der Waals surface area contributed by atoms with Gasteiger partial charge < -0.3 is 38.6 Å². The zero-order chi connectivity index (χ0) is 85.7. The van der Waals surface area contributed by atoms with Gasteiger partial charge in [0, 0.05) is 120 Å². The first-order chi connectivity index (χ1) is 59.2. The average Bonchev–Trinajstić information content (AvgIpc) is 1.61. The zero-order valence-electron chi connectivity index (χ0n) is 66.3. The molecular formula is C88H67Br2Cl3F5MgN21O4. The molecule has 124 heavy (non-hydrogen) atoms. The number of carbonyl (C=O) groups excluding carboxylic acids is 1. The molecule has 0 aliphatic rings. The summed E-state index contributed by atoms with van der Waals surface area (Å²) in [4.78, 5) is 58.3. The number of ketones is 1. The van der Waals surface area contributed by atoms with E-state index >= 15 is 0 Å². The van der Waals surface area contributed by atoms with Crippen LogP contribution in [0.3, 0.4) is 0 Å². The summed E-state index contributed by atoms with van der Waals surface area (Å²) in [5.41, 5.74) is 12.5. The zero-order valence-corrected chi connectivity index (χ0v) is 73.1. The Hall–Kier alpha value is -12.6. The van der Waals surface area contributed by atoms with Crippen LogP contribution in [0.5, 0.6) is 5.75 Å².